The Morgan fingerprint density at radius 2 is 1.40 bits per heavy atom. The number of amides is 6. The molecule has 2 fully saturated rings. The molecule has 6 rings (SSSR count). The highest BCUT2D eigenvalue weighted by molar-refractivity contribution is 5.94. The highest BCUT2D eigenvalue weighted by Crippen LogP contribution is 2.37. The number of aromatic nitrogens is 3. The van der Waals surface area contributed by atoms with Gasteiger partial charge in [-0.1, -0.05) is 20.8 Å². The monoisotopic (exact) mass is 1010 g/mol. The first kappa shape index (κ1) is 55.0. The van der Waals surface area contributed by atoms with Gasteiger partial charge in [0.15, 0.2) is 5.82 Å². The van der Waals surface area contributed by atoms with Crippen LogP contribution in [-0.4, -0.2) is 151 Å². The Kier molecular flexibility index (Phi) is 16.6. The maximum Gasteiger partial charge on any atom is 0.410 e. The topological polar surface area (TPSA) is 192 Å². The molecule has 0 aliphatic carbocycles. The van der Waals surface area contributed by atoms with Gasteiger partial charge < -0.3 is 39.5 Å². The number of benzene rings is 2. The molecule has 0 radical (unpaired) electrons. The van der Waals surface area contributed by atoms with Crippen LogP contribution in [0, 0.1) is 17.6 Å². The van der Waals surface area contributed by atoms with Crippen molar-refractivity contribution in [3.05, 3.63) is 53.6 Å². The van der Waals surface area contributed by atoms with Crippen molar-refractivity contribution in [2.24, 2.45) is 5.92 Å². The molecule has 0 unspecified atom stereocenters. The number of carbonyl (C=O) groups excluding carboxylic acids is 6. The number of alkyl halides is 1. The number of carbonyl (C=O) groups is 6. The van der Waals surface area contributed by atoms with E-state index in [0.717, 1.165) is 4.90 Å². The zero-order valence-electron chi connectivity index (χ0n) is 43.8. The normalized spacial score (nSPS) is 19.0. The summed E-state index contributed by atoms with van der Waals surface area (Å²) in [5.74, 6) is -3.02. The van der Waals surface area contributed by atoms with Gasteiger partial charge in [-0.25, -0.2) is 27.7 Å². The smallest absolute Gasteiger partial charge is 0.410 e. The molecular formula is C52H72F3N9O8. The quantitative estimate of drug-likeness (QED) is 0.108. The van der Waals surface area contributed by atoms with E-state index in [0.29, 0.717) is 58.4 Å². The van der Waals surface area contributed by atoms with Crippen molar-refractivity contribution in [1.82, 2.24) is 44.8 Å². The van der Waals surface area contributed by atoms with Gasteiger partial charge in [-0.2, -0.15) is 0 Å². The Morgan fingerprint density at radius 3 is 1.99 bits per heavy atom. The van der Waals surface area contributed by atoms with Crippen molar-refractivity contribution >= 4 is 57.8 Å². The van der Waals surface area contributed by atoms with Crippen LogP contribution in [0.1, 0.15) is 107 Å². The van der Waals surface area contributed by atoms with E-state index in [1.807, 2.05) is 18.4 Å². The van der Waals surface area contributed by atoms with Crippen LogP contribution in [0.15, 0.2) is 36.4 Å². The average Bonchev–Trinajstić information content (AvgIpc) is 4.08. The van der Waals surface area contributed by atoms with Crippen LogP contribution in [0.25, 0.3) is 33.5 Å². The molecular weight excluding hydrogens is 936 g/mol. The summed E-state index contributed by atoms with van der Waals surface area (Å²) in [7, 11) is 2.88. The van der Waals surface area contributed by atoms with Gasteiger partial charge in [0, 0.05) is 62.7 Å². The Morgan fingerprint density at radius 1 is 0.819 bits per heavy atom. The van der Waals surface area contributed by atoms with Gasteiger partial charge in [-0.05, 0) is 123 Å². The molecule has 17 nitrogen and oxygen atoms in total. The number of likely N-dealkylation sites (N-methyl/N-ethyl adjacent to an activating group) is 2. The van der Waals surface area contributed by atoms with Crippen molar-refractivity contribution in [3.8, 4) is 11.5 Å². The summed E-state index contributed by atoms with van der Waals surface area (Å²) in [6.45, 7) is 19.0. The number of ether oxygens (including phenoxy) is 2. The predicted octanol–water partition coefficient (Wildman–Crippen LogP) is 7.48. The Balaban J connectivity index is 1.31. The molecule has 394 valence electrons. The third-order valence-corrected chi connectivity index (χ3v) is 13.5. The first-order valence-corrected chi connectivity index (χ1v) is 24.8. The number of hydrogen-bond acceptors (Lipinski definition) is 9. The van der Waals surface area contributed by atoms with Crippen LogP contribution >= 0.6 is 0 Å². The van der Waals surface area contributed by atoms with Crippen LogP contribution in [0.5, 0.6) is 0 Å². The standard InChI is InChI=1S/C52H72F3N9O8/c1-14-38(58-45(65)29(4)60(12)49(69)71-51(6,7)8)47(67)63-26-33(55)22-35(63)25-37-36-19-17-31(53)23-39(36)56-43(37)44-57-40-24-32(54)18-20-41(40)64(44)27-34-16-15-21-62(34)48(68)42(28(2)3)59-46(66)30(5)61(13)50(70)72-52(9,10)11/h17-20,23-24,28-30,33-35,38,42,56H,14-16,21-22,25-27H2,1-13H3,(H,58,65)(H,59,66)/t29-,30-,33-,34-,35-,38-,42-/m0/s1. The van der Waals surface area contributed by atoms with Crippen molar-refractivity contribution in [2.75, 3.05) is 27.2 Å². The number of rotatable bonds is 15. The predicted molar refractivity (Wildman–Crippen MR) is 266 cm³/mol. The minimum atomic E-state index is -1.40. The molecule has 3 N–H and O–H groups in total. The molecule has 7 atom stereocenters. The van der Waals surface area contributed by atoms with Gasteiger partial charge >= 0.3 is 12.2 Å². The highest BCUT2D eigenvalue weighted by Gasteiger charge is 2.41. The fourth-order valence-corrected chi connectivity index (χ4v) is 9.33. The summed E-state index contributed by atoms with van der Waals surface area (Å²) >= 11 is 0. The van der Waals surface area contributed by atoms with E-state index < -0.39 is 95.2 Å². The van der Waals surface area contributed by atoms with E-state index in [9.17, 15) is 37.5 Å². The van der Waals surface area contributed by atoms with Gasteiger partial charge in [0.25, 0.3) is 0 Å². The van der Waals surface area contributed by atoms with Crippen molar-refractivity contribution < 1.29 is 51.4 Å². The zero-order chi connectivity index (χ0) is 53.3. The number of hydrogen-bond donors (Lipinski definition) is 3. The Labute approximate surface area is 419 Å². The summed E-state index contributed by atoms with van der Waals surface area (Å²) < 4.78 is 58.4. The molecule has 0 bridgehead atoms. The zero-order valence-corrected chi connectivity index (χ0v) is 43.8. The molecule has 2 aromatic carbocycles. The lowest BCUT2D eigenvalue weighted by Gasteiger charge is -2.33. The van der Waals surface area contributed by atoms with E-state index in [2.05, 4.69) is 15.6 Å². The number of likely N-dealkylation sites (tertiary alicyclic amines) is 2. The first-order chi connectivity index (χ1) is 33.6. The molecule has 0 saturated carbocycles. The molecule has 2 aliphatic heterocycles. The molecule has 20 heteroatoms. The van der Waals surface area contributed by atoms with Crippen LogP contribution in [0.4, 0.5) is 22.8 Å². The van der Waals surface area contributed by atoms with Crippen LogP contribution in [-0.2, 0) is 41.6 Å². The molecule has 4 aromatic rings. The van der Waals surface area contributed by atoms with E-state index >= 15 is 4.39 Å². The largest absolute Gasteiger partial charge is 0.444 e. The number of nitrogens with one attached hydrogen (secondary N) is 3. The third kappa shape index (κ3) is 12.5. The fraction of sp³-hybridized carbons (Fsp3) is 0.596. The Hall–Kier alpha value is -6.34. The van der Waals surface area contributed by atoms with Gasteiger partial charge in [0.2, 0.25) is 23.6 Å². The fourth-order valence-electron chi connectivity index (χ4n) is 9.33. The van der Waals surface area contributed by atoms with Gasteiger partial charge in [0.1, 0.15) is 53.2 Å². The van der Waals surface area contributed by atoms with Gasteiger partial charge in [0.05, 0.1) is 23.3 Å². The van der Waals surface area contributed by atoms with E-state index in [-0.39, 0.29) is 44.2 Å². The average molecular weight is 1010 g/mol. The molecule has 0 spiro atoms. The van der Waals surface area contributed by atoms with E-state index in [1.54, 1.807) is 72.4 Å². The second kappa shape index (κ2) is 21.8. The molecule has 72 heavy (non-hydrogen) atoms. The van der Waals surface area contributed by atoms with Crippen LogP contribution < -0.4 is 10.6 Å². The summed E-state index contributed by atoms with van der Waals surface area (Å²) in [6.07, 6.45) is -1.37. The number of halogens is 3. The van der Waals surface area contributed by atoms with Crippen LogP contribution in [0.3, 0.4) is 0 Å². The molecule has 2 aliphatic rings. The summed E-state index contributed by atoms with van der Waals surface area (Å²) in [4.78, 5) is 95.5. The summed E-state index contributed by atoms with van der Waals surface area (Å²) in [6, 6.07) is 3.31. The number of H-pyrrole nitrogens is 1. The van der Waals surface area contributed by atoms with Crippen molar-refractivity contribution in [2.45, 2.75) is 168 Å². The minimum absolute atomic E-state index is 0.0361. The SMILES string of the molecule is CC[C@H](NC(=O)[C@H](C)N(C)C(=O)OC(C)(C)C)C(=O)N1C[C@@H](F)C[C@H]1Cc1c(-c2nc3cc(F)ccc3n2C[C@@H]2CCCN2C(=O)[C@@H](NC(=O)[C@H](C)N(C)C(=O)OC(C)(C)C)C(C)C)[nH]c2cc(F)ccc12. The number of imidazole rings is 1. The second-order valence-electron chi connectivity index (χ2n) is 21.6. The molecule has 2 aromatic heterocycles. The maximum atomic E-state index is 15.7. The second-order valence-corrected chi connectivity index (χ2v) is 21.6. The summed E-state index contributed by atoms with van der Waals surface area (Å²) in [5.41, 5.74) is 0.683. The number of fused-ring (bicyclic) bond motifs is 2. The summed E-state index contributed by atoms with van der Waals surface area (Å²) in [5, 5.41) is 6.24. The first-order valence-electron chi connectivity index (χ1n) is 24.8. The van der Waals surface area contributed by atoms with Crippen molar-refractivity contribution in [3.63, 3.8) is 0 Å². The van der Waals surface area contributed by atoms with E-state index in [1.165, 1.54) is 55.1 Å². The lowest BCUT2D eigenvalue weighted by molar-refractivity contribution is -0.139. The highest BCUT2D eigenvalue weighted by atomic mass is 19.1. The molecule has 4 heterocycles. The number of nitrogens with zero attached hydrogens (tertiary/aromatic N) is 6. The minimum Gasteiger partial charge on any atom is -0.444 e. The molecule has 2 saturated heterocycles. The lowest BCUT2D eigenvalue weighted by atomic mass is 9.99. The maximum absolute atomic E-state index is 15.7. The van der Waals surface area contributed by atoms with Gasteiger partial charge in [-0.15, -0.1) is 0 Å². The Bertz CT molecular complexity index is 2670. The van der Waals surface area contributed by atoms with Gasteiger partial charge in [-0.3, -0.25) is 29.0 Å². The third-order valence-electron chi connectivity index (χ3n) is 13.5. The lowest BCUT2D eigenvalue weighted by Crippen LogP contribution is -2.56. The van der Waals surface area contributed by atoms with E-state index in [4.69, 9.17) is 14.5 Å². The number of aromatic amines is 1. The van der Waals surface area contributed by atoms with Crippen molar-refractivity contribution in [1.29, 1.82) is 0 Å². The molecule has 6 amide bonds. The van der Waals surface area contributed by atoms with Crippen LogP contribution in [0.2, 0.25) is 0 Å².